The Morgan fingerprint density at radius 2 is 2.18 bits per heavy atom. The number of carboxylic acids is 1. The quantitative estimate of drug-likeness (QED) is 0.793. The van der Waals surface area contributed by atoms with Crippen LogP contribution in [0.1, 0.15) is 34.7 Å². The maximum atomic E-state index is 11.2. The number of aromatic nitrogens is 1. The number of rotatable bonds is 6. The van der Waals surface area contributed by atoms with Crippen LogP contribution in [-0.4, -0.2) is 33.4 Å². The highest BCUT2D eigenvalue weighted by Gasteiger charge is 2.16. The minimum Gasteiger partial charge on any atom is -0.477 e. The van der Waals surface area contributed by atoms with Crippen molar-refractivity contribution in [2.75, 3.05) is 12.0 Å². The number of carbonyl (C=O) groups excluding carboxylic acids is 1. The van der Waals surface area contributed by atoms with Gasteiger partial charge in [0.15, 0.2) is 5.78 Å². The van der Waals surface area contributed by atoms with Crippen molar-refractivity contribution in [2.24, 2.45) is 5.92 Å². The second-order valence-electron chi connectivity index (χ2n) is 4.19. The molecule has 1 unspecified atom stereocenters. The third-order valence-electron chi connectivity index (χ3n) is 2.48. The van der Waals surface area contributed by atoms with Gasteiger partial charge in [-0.1, -0.05) is 6.92 Å². The summed E-state index contributed by atoms with van der Waals surface area (Å²) in [6, 6.07) is 1.44. The lowest BCUT2D eigenvalue weighted by molar-refractivity contribution is 0.0684. The molecule has 0 amide bonds. The zero-order valence-corrected chi connectivity index (χ0v) is 11.1. The Kier molecular flexibility index (Phi) is 4.81. The average Bonchev–Trinajstić information content (AvgIpc) is 2.62. The number of thioether (sulfide) groups is 1. The van der Waals surface area contributed by atoms with Crippen LogP contribution in [0, 0.1) is 5.92 Å². The Labute approximate surface area is 105 Å². The molecule has 0 fully saturated rings. The Hall–Kier alpha value is -1.23. The summed E-state index contributed by atoms with van der Waals surface area (Å²) in [5, 5.41) is 9.07. The summed E-state index contributed by atoms with van der Waals surface area (Å²) >= 11 is 1.73. The van der Waals surface area contributed by atoms with Gasteiger partial charge in [-0.2, -0.15) is 11.8 Å². The fourth-order valence-corrected chi connectivity index (χ4v) is 2.38. The highest BCUT2D eigenvalue weighted by atomic mass is 32.2. The third-order valence-corrected chi connectivity index (χ3v) is 3.38. The topological polar surface area (TPSA) is 59.3 Å². The molecule has 0 spiro atoms. The molecule has 5 heteroatoms. The van der Waals surface area contributed by atoms with Crippen LogP contribution in [0.2, 0.25) is 0 Å². The van der Waals surface area contributed by atoms with Crippen molar-refractivity contribution in [1.82, 2.24) is 4.57 Å². The van der Waals surface area contributed by atoms with E-state index in [1.165, 1.54) is 13.0 Å². The molecule has 1 atom stereocenters. The first-order valence-corrected chi connectivity index (χ1v) is 6.78. The van der Waals surface area contributed by atoms with Gasteiger partial charge < -0.3 is 9.67 Å². The lowest BCUT2D eigenvalue weighted by atomic mass is 10.2. The van der Waals surface area contributed by atoms with Gasteiger partial charge in [0.05, 0.1) is 0 Å². The molecule has 94 valence electrons. The molecule has 0 aliphatic carbocycles. The lowest BCUT2D eigenvalue weighted by Gasteiger charge is -2.12. The smallest absolute Gasteiger partial charge is 0.352 e. The van der Waals surface area contributed by atoms with Gasteiger partial charge in [0.1, 0.15) is 5.69 Å². The van der Waals surface area contributed by atoms with Crippen molar-refractivity contribution in [3.63, 3.8) is 0 Å². The minimum absolute atomic E-state index is 0.108. The largest absolute Gasteiger partial charge is 0.477 e. The van der Waals surface area contributed by atoms with E-state index in [0.29, 0.717) is 18.0 Å². The second-order valence-corrected chi connectivity index (χ2v) is 5.10. The minimum atomic E-state index is -0.992. The number of ketones is 1. The first-order chi connectivity index (χ1) is 7.95. The monoisotopic (exact) mass is 255 g/mol. The predicted molar refractivity (Wildman–Crippen MR) is 68.9 cm³/mol. The summed E-state index contributed by atoms with van der Waals surface area (Å²) in [7, 11) is 0. The molecule has 4 nitrogen and oxygen atoms in total. The second kappa shape index (κ2) is 5.91. The number of hydrogen-bond donors (Lipinski definition) is 1. The van der Waals surface area contributed by atoms with Crippen LogP contribution in [-0.2, 0) is 6.54 Å². The molecule has 1 aromatic heterocycles. The van der Waals surface area contributed by atoms with Gasteiger partial charge in [0, 0.05) is 18.3 Å². The SMILES string of the molecule is CSCC(C)Cn1cc(C(C)=O)cc1C(=O)O. The number of aromatic carboxylic acids is 1. The van der Waals surface area contributed by atoms with E-state index in [9.17, 15) is 9.59 Å². The fourth-order valence-electron chi connectivity index (χ4n) is 1.71. The number of Topliss-reactive ketones (excluding diaryl/α,β-unsaturated/α-hetero) is 1. The fraction of sp³-hybridized carbons (Fsp3) is 0.500. The van der Waals surface area contributed by atoms with Crippen molar-refractivity contribution in [3.8, 4) is 0 Å². The molecule has 0 aliphatic heterocycles. The molecule has 1 rings (SSSR count). The molecule has 0 aromatic carbocycles. The highest BCUT2D eigenvalue weighted by molar-refractivity contribution is 7.98. The van der Waals surface area contributed by atoms with Crippen molar-refractivity contribution >= 4 is 23.5 Å². The predicted octanol–water partition coefficient (Wildman–Crippen LogP) is 2.39. The number of carboxylic acid groups (broad SMARTS) is 1. The summed E-state index contributed by atoms with van der Waals surface area (Å²) in [5.74, 6) is 0.236. The summed E-state index contributed by atoms with van der Waals surface area (Å²) in [5.41, 5.74) is 0.641. The molecule has 0 saturated carbocycles. The summed E-state index contributed by atoms with van der Waals surface area (Å²) < 4.78 is 1.65. The maximum absolute atomic E-state index is 11.2. The highest BCUT2D eigenvalue weighted by Crippen LogP contribution is 2.14. The molecule has 0 radical (unpaired) electrons. The van der Waals surface area contributed by atoms with Gasteiger partial charge in [0.25, 0.3) is 0 Å². The Balaban J connectivity index is 2.96. The van der Waals surface area contributed by atoms with E-state index in [1.54, 1.807) is 22.5 Å². The van der Waals surface area contributed by atoms with Crippen LogP contribution in [0.15, 0.2) is 12.3 Å². The van der Waals surface area contributed by atoms with Crippen molar-refractivity contribution < 1.29 is 14.7 Å². The van der Waals surface area contributed by atoms with E-state index in [4.69, 9.17) is 5.11 Å². The summed E-state index contributed by atoms with van der Waals surface area (Å²) in [6.45, 7) is 4.13. The number of nitrogens with zero attached hydrogens (tertiary/aromatic N) is 1. The third kappa shape index (κ3) is 3.63. The summed E-state index contributed by atoms with van der Waals surface area (Å²) in [4.78, 5) is 22.3. The molecular weight excluding hydrogens is 238 g/mol. The maximum Gasteiger partial charge on any atom is 0.352 e. The van der Waals surface area contributed by atoms with Gasteiger partial charge in [0.2, 0.25) is 0 Å². The van der Waals surface area contributed by atoms with Crippen LogP contribution < -0.4 is 0 Å². The van der Waals surface area contributed by atoms with Gasteiger partial charge in [-0.3, -0.25) is 4.79 Å². The van der Waals surface area contributed by atoms with E-state index in [2.05, 4.69) is 6.92 Å². The van der Waals surface area contributed by atoms with E-state index in [1.807, 2.05) is 6.26 Å². The van der Waals surface area contributed by atoms with Crippen molar-refractivity contribution in [2.45, 2.75) is 20.4 Å². The molecule has 1 heterocycles. The van der Waals surface area contributed by atoms with Crippen LogP contribution in [0.25, 0.3) is 0 Å². The number of carbonyl (C=O) groups is 2. The van der Waals surface area contributed by atoms with E-state index < -0.39 is 5.97 Å². The van der Waals surface area contributed by atoms with E-state index in [-0.39, 0.29) is 11.5 Å². The van der Waals surface area contributed by atoms with Gasteiger partial charge in [-0.15, -0.1) is 0 Å². The van der Waals surface area contributed by atoms with E-state index >= 15 is 0 Å². The first-order valence-electron chi connectivity index (χ1n) is 5.39. The molecule has 0 saturated heterocycles. The zero-order valence-electron chi connectivity index (χ0n) is 10.3. The Morgan fingerprint density at radius 3 is 2.65 bits per heavy atom. The van der Waals surface area contributed by atoms with Gasteiger partial charge >= 0.3 is 5.97 Å². The molecule has 17 heavy (non-hydrogen) atoms. The summed E-state index contributed by atoms with van der Waals surface area (Å²) in [6.07, 6.45) is 3.65. The molecule has 1 N–H and O–H groups in total. The molecule has 1 aromatic rings. The van der Waals surface area contributed by atoms with Crippen LogP contribution in [0.5, 0.6) is 0 Å². The number of hydrogen-bond acceptors (Lipinski definition) is 3. The van der Waals surface area contributed by atoms with Crippen LogP contribution in [0.3, 0.4) is 0 Å². The van der Waals surface area contributed by atoms with E-state index in [0.717, 1.165) is 5.75 Å². The normalized spacial score (nSPS) is 12.4. The van der Waals surface area contributed by atoms with Crippen molar-refractivity contribution in [1.29, 1.82) is 0 Å². The molecular formula is C12H17NO3S. The molecule has 0 aliphatic rings. The first kappa shape index (κ1) is 13.8. The Morgan fingerprint density at radius 1 is 1.53 bits per heavy atom. The van der Waals surface area contributed by atoms with Gasteiger partial charge in [-0.25, -0.2) is 4.79 Å². The Bertz CT molecular complexity index is 425. The molecule has 0 bridgehead atoms. The zero-order chi connectivity index (χ0) is 13.0. The van der Waals surface area contributed by atoms with Gasteiger partial charge in [-0.05, 0) is 30.9 Å². The van der Waals surface area contributed by atoms with Crippen LogP contribution >= 0.6 is 11.8 Å². The average molecular weight is 255 g/mol. The van der Waals surface area contributed by atoms with Crippen molar-refractivity contribution in [3.05, 3.63) is 23.5 Å². The lowest BCUT2D eigenvalue weighted by Crippen LogP contribution is -2.14. The standard InChI is InChI=1S/C12H17NO3S/c1-8(7-17-3)5-13-6-10(9(2)14)4-11(13)12(15)16/h4,6,8H,5,7H2,1-3H3,(H,15,16). The van der Waals surface area contributed by atoms with Crippen LogP contribution in [0.4, 0.5) is 0 Å².